The molecule has 0 aliphatic carbocycles. The van der Waals surface area contributed by atoms with Crippen LogP contribution in [0.15, 0.2) is 48.5 Å². The van der Waals surface area contributed by atoms with Gasteiger partial charge in [-0.1, -0.05) is 0 Å². The minimum atomic E-state index is -0.625. The Balaban J connectivity index is 1.42. The summed E-state index contributed by atoms with van der Waals surface area (Å²) in [5.41, 5.74) is 2.34. The van der Waals surface area contributed by atoms with Gasteiger partial charge in [0.2, 0.25) is 5.91 Å². The van der Waals surface area contributed by atoms with Gasteiger partial charge in [0.05, 0.1) is 25.3 Å². The first-order valence-electron chi connectivity index (χ1n) is 9.86. The number of imide groups is 1. The van der Waals surface area contributed by atoms with Gasteiger partial charge >= 0.3 is 5.97 Å². The molecule has 4 rings (SSSR count). The number of benzene rings is 2. The third-order valence-corrected chi connectivity index (χ3v) is 5.09. The fourth-order valence-electron chi connectivity index (χ4n) is 3.64. The van der Waals surface area contributed by atoms with Crippen LogP contribution >= 0.6 is 0 Å². The van der Waals surface area contributed by atoms with E-state index in [9.17, 15) is 14.4 Å². The van der Waals surface area contributed by atoms with Crippen molar-refractivity contribution in [1.82, 2.24) is 0 Å². The SMILES string of the molecule is CC(=O)Oc1ccc(N2C(=O)C[C@H](Nc3ccc(N4CCOCC4)cc3)C2=O)cc1. The van der Waals surface area contributed by atoms with Crippen molar-refractivity contribution < 1.29 is 23.9 Å². The summed E-state index contributed by atoms with van der Waals surface area (Å²) >= 11 is 0. The van der Waals surface area contributed by atoms with Crippen LogP contribution < -0.4 is 19.9 Å². The van der Waals surface area contributed by atoms with Crippen molar-refractivity contribution in [3.8, 4) is 5.75 Å². The molecule has 2 amide bonds. The van der Waals surface area contributed by atoms with Crippen molar-refractivity contribution in [2.45, 2.75) is 19.4 Å². The van der Waals surface area contributed by atoms with Gasteiger partial charge in [0, 0.05) is 31.4 Å². The largest absolute Gasteiger partial charge is 0.427 e. The number of rotatable bonds is 5. The summed E-state index contributed by atoms with van der Waals surface area (Å²) in [6.07, 6.45) is 0.0791. The van der Waals surface area contributed by atoms with Gasteiger partial charge in [0.15, 0.2) is 0 Å². The van der Waals surface area contributed by atoms with Gasteiger partial charge in [-0.25, -0.2) is 4.90 Å². The van der Waals surface area contributed by atoms with Crippen molar-refractivity contribution in [3.05, 3.63) is 48.5 Å². The molecule has 30 heavy (non-hydrogen) atoms. The van der Waals surface area contributed by atoms with Gasteiger partial charge in [-0.15, -0.1) is 0 Å². The van der Waals surface area contributed by atoms with E-state index in [4.69, 9.17) is 9.47 Å². The number of morpholine rings is 1. The van der Waals surface area contributed by atoms with E-state index in [1.165, 1.54) is 6.92 Å². The van der Waals surface area contributed by atoms with Crippen LogP contribution in [0.5, 0.6) is 5.75 Å². The number of esters is 1. The molecule has 0 saturated carbocycles. The second kappa shape index (κ2) is 8.54. The van der Waals surface area contributed by atoms with Crippen molar-refractivity contribution in [3.63, 3.8) is 0 Å². The third kappa shape index (κ3) is 4.28. The topological polar surface area (TPSA) is 88.2 Å². The third-order valence-electron chi connectivity index (χ3n) is 5.09. The monoisotopic (exact) mass is 409 g/mol. The molecule has 0 unspecified atom stereocenters. The molecule has 2 heterocycles. The molecule has 2 aliphatic heterocycles. The van der Waals surface area contributed by atoms with Gasteiger partial charge < -0.3 is 19.7 Å². The van der Waals surface area contributed by atoms with Gasteiger partial charge in [-0.2, -0.15) is 0 Å². The summed E-state index contributed by atoms with van der Waals surface area (Å²) in [7, 11) is 0. The average Bonchev–Trinajstić information content (AvgIpc) is 3.02. The summed E-state index contributed by atoms with van der Waals surface area (Å²) < 4.78 is 10.4. The highest BCUT2D eigenvalue weighted by Crippen LogP contribution is 2.27. The summed E-state index contributed by atoms with van der Waals surface area (Å²) in [5.74, 6) is -0.652. The lowest BCUT2D eigenvalue weighted by atomic mass is 10.2. The summed E-state index contributed by atoms with van der Waals surface area (Å²) in [5, 5.41) is 3.16. The van der Waals surface area contributed by atoms with Crippen LogP contribution in [0.1, 0.15) is 13.3 Å². The smallest absolute Gasteiger partial charge is 0.308 e. The normalized spacial score (nSPS) is 19.2. The van der Waals surface area contributed by atoms with Crippen molar-refractivity contribution >= 4 is 34.8 Å². The summed E-state index contributed by atoms with van der Waals surface area (Å²) in [6.45, 7) is 4.46. The maximum Gasteiger partial charge on any atom is 0.308 e. The number of ether oxygens (including phenoxy) is 2. The molecule has 1 atom stereocenters. The van der Waals surface area contributed by atoms with E-state index in [-0.39, 0.29) is 18.2 Å². The first-order chi connectivity index (χ1) is 14.5. The molecule has 0 aromatic heterocycles. The predicted molar refractivity (Wildman–Crippen MR) is 112 cm³/mol. The standard InChI is InChI=1S/C22H23N3O5/c1-15(26)30-19-8-6-18(7-9-19)25-21(27)14-20(22(25)28)23-16-2-4-17(5-3-16)24-10-12-29-13-11-24/h2-9,20,23H,10-14H2,1H3/t20-/m0/s1. The lowest BCUT2D eigenvalue weighted by Gasteiger charge is -2.29. The highest BCUT2D eigenvalue weighted by Gasteiger charge is 2.39. The number of amides is 2. The zero-order valence-corrected chi connectivity index (χ0v) is 16.7. The average molecular weight is 409 g/mol. The van der Waals surface area contributed by atoms with E-state index >= 15 is 0 Å². The Morgan fingerprint density at radius 1 is 1.00 bits per heavy atom. The molecule has 0 radical (unpaired) electrons. The van der Waals surface area contributed by atoms with Crippen LogP contribution in [0.3, 0.4) is 0 Å². The van der Waals surface area contributed by atoms with Gasteiger partial charge in [-0.3, -0.25) is 14.4 Å². The fourth-order valence-corrected chi connectivity index (χ4v) is 3.64. The van der Waals surface area contributed by atoms with E-state index in [1.54, 1.807) is 24.3 Å². The van der Waals surface area contributed by atoms with Gasteiger partial charge in [0.25, 0.3) is 5.91 Å². The van der Waals surface area contributed by atoms with Crippen LogP contribution in [0, 0.1) is 0 Å². The Morgan fingerprint density at radius 2 is 1.63 bits per heavy atom. The highest BCUT2D eigenvalue weighted by atomic mass is 16.5. The molecule has 156 valence electrons. The predicted octanol–water partition coefficient (Wildman–Crippen LogP) is 2.19. The molecule has 8 nitrogen and oxygen atoms in total. The molecule has 0 spiro atoms. The van der Waals surface area contributed by atoms with Crippen LogP contribution in [0.2, 0.25) is 0 Å². The number of carbonyl (C=O) groups excluding carboxylic acids is 3. The Kier molecular flexibility index (Phi) is 5.67. The first-order valence-corrected chi connectivity index (χ1v) is 9.86. The Morgan fingerprint density at radius 3 is 2.27 bits per heavy atom. The quantitative estimate of drug-likeness (QED) is 0.460. The van der Waals surface area contributed by atoms with Crippen LogP contribution in [-0.2, 0) is 19.1 Å². The van der Waals surface area contributed by atoms with E-state index < -0.39 is 12.0 Å². The van der Waals surface area contributed by atoms with Crippen LogP contribution in [-0.4, -0.2) is 50.1 Å². The molecule has 2 aromatic carbocycles. The number of carbonyl (C=O) groups is 3. The van der Waals surface area contributed by atoms with Crippen molar-refractivity contribution in [1.29, 1.82) is 0 Å². The number of nitrogens with zero attached hydrogens (tertiary/aromatic N) is 2. The molecule has 2 aliphatic rings. The maximum absolute atomic E-state index is 12.8. The van der Waals surface area contributed by atoms with E-state index in [1.807, 2.05) is 24.3 Å². The molecule has 2 fully saturated rings. The Hall–Kier alpha value is -3.39. The zero-order chi connectivity index (χ0) is 21.1. The number of hydrogen-bond acceptors (Lipinski definition) is 7. The molecular formula is C22H23N3O5. The Labute approximate surface area is 174 Å². The van der Waals surface area contributed by atoms with Crippen LogP contribution in [0.4, 0.5) is 17.1 Å². The number of nitrogens with one attached hydrogen (secondary N) is 1. The van der Waals surface area contributed by atoms with Gasteiger partial charge in [0.1, 0.15) is 11.8 Å². The second-order valence-electron chi connectivity index (χ2n) is 7.20. The molecule has 8 heteroatoms. The van der Waals surface area contributed by atoms with Crippen molar-refractivity contribution in [2.24, 2.45) is 0 Å². The lowest BCUT2D eigenvalue weighted by Crippen LogP contribution is -2.36. The first kappa shape index (κ1) is 19.9. The van der Waals surface area contributed by atoms with E-state index in [2.05, 4.69) is 10.2 Å². The lowest BCUT2D eigenvalue weighted by molar-refractivity contribution is -0.132. The minimum absolute atomic E-state index is 0.0791. The second-order valence-corrected chi connectivity index (χ2v) is 7.20. The molecular weight excluding hydrogens is 386 g/mol. The molecule has 0 bridgehead atoms. The van der Waals surface area contributed by atoms with Crippen molar-refractivity contribution in [2.75, 3.05) is 41.4 Å². The molecule has 2 aromatic rings. The van der Waals surface area contributed by atoms with Gasteiger partial charge in [-0.05, 0) is 48.5 Å². The molecule has 1 N–H and O–H groups in total. The maximum atomic E-state index is 12.8. The minimum Gasteiger partial charge on any atom is -0.427 e. The summed E-state index contributed by atoms with van der Waals surface area (Å²) in [6, 6.07) is 13.5. The van der Waals surface area contributed by atoms with E-state index in [0.29, 0.717) is 11.4 Å². The highest BCUT2D eigenvalue weighted by molar-refractivity contribution is 6.23. The molecule has 2 saturated heterocycles. The van der Waals surface area contributed by atoms with E-state index in [0.717, 1.165) is 42.6 Å². The number of anilines is 3. The van der Waals surface area contributed by atoms with Crippen LogP contribution in [0.25, 0.3) is 0 Å². The zero-order valence-electron chi connectivity index (χ0n) is 16.7. The Bertz CT molecular complexity index is 936. The fraction of sp³-hybridized carbons (Fsp3) is 0.318. The summed E-state index contributed by atoms with van der Waals surface area (Å²) in [4.78, 5) is 39.7. The number of hydrogen-bond donors (Lipinski definition) is 1.